The molecule has 0 aliphatic heterocycles. The lowest BCUT2D eigenvalue weighted by Gasteiger charge is -2.16. The molecule has 0 spiro atoms. The summed E-state index contributed by atoms with van der Waals surface area (Å²) < 4.78 is 4.95. The van der Waals surface area contributed by atoms with Gasteiger partial charge in [-0.25, -0.2) is 0 Å². The minimum absolute atomic E-state index is 1.13. The number of benzene rings is 3. The van der Waals surface area contributed by atoms with Crippen LogP contribution in [0.25, 0.3) is 44.1 Å². The van der Waals surface area contributed by atoms with Gasteiger partial charge in [0.15, 0.2) is 0 Å². The van der Waals surface area contributed by atoms with Crippen molar-refractivity contribution >= 4 is 32.7 Å². The van der Waals surface area contributed by atoms with Gasteiger partial charge in [0.2, 0.25) is 0 Å². The Labute approximate surface area is 186 Å². The maximum absolute atomic E-state index is 4.47. The van der Waals surface area contributed by atoms with Crippen LogP contribution >= 0.6 is 0 Å². The van der Waals surface area contributed by atoms with Crippen molar-refractivity contribution in [2.75, 3.05) is 0 Å². The molecule has 6 aromatic rings. The molecule has 0 N–H and O–H groups in total. The summed E-state index contributed by atoms with van der Waals surface area (Å²) in [6.07, 6.45) is 8.70. The fourth-order valence-electron chi connectivity index (χ4n) is 5.69. The first-order valence-corrected chi connectivity index (χ1v) is 11.5. The molecule has 154 valence electrons. The van der Waals surface area contributed by atoms with Crippen molar-refractivity contribution in [3.63, 3.8) is 0 Å². The Morgan fingerprint density at radius 2 is 1.34 bits per heavy atom. The van der Waals surface area contributed by atoms with E-state index in [2.05, 4.69) is 93.0 Å². The summed E-state index contributed by atoms with van der Waals surface area (Å²) in [7, 11) is 0. The summed E-state index contributed by atoms with van der Waals surface area (Å²) in [5.41, 5.74) is 9.28. The summed E-state index contributed by atoms with van der Waals surface area (Å²) in [5.74, 6) is 0. The standard InChI is InChI=1S/C29H23N3/c1-3-9-20(10-4-1)31-25-14-8-7-13-23(25)28-27(31)16-15-22-24-19-30-18-17-26(24)32(29(22)28)21-11-5-2-6-12-21/h1-6,9-12,15-19H,7-8,13-14H2. The minimum atomic E-state index is 1.13. The molecule has 3 heterocycles. The number of pyridine rings is 1. The molecule has 0 atom stereocenters. The highest BCUT2D eigenvalue weighted by molar-refractivity contribution is 6.19. The predicted molar refractivity (Wildman–Crippen MR) is 132 cm³/mol. The van der Waals surface area contributed by atoms with Gasteiger partial charge in [0, 0.05) is 45.6 Å². The van der Waals surface area contributed by atoms with Crippen molar-refractivity contribution in [2.24, 2.45) is 0 Å². The number of para-hydroxylation sites is 2. The third-order valence-electron chi connectivity index (χ3n) is 6.99. The van der Waals surface area contributed by atoms with E-state index in [1.54, 1.807) is 0 Å². The monoisotopic (exact) mass is 413 g/mol. The number of hydrogen-bond acceptors (Lipinski definition) is 1. The molecular formula is C29H23N3. The average molecular weight is 414 g/mol. The second kappa shape index (κ2) is 6.83. The number of aromatic nitrogens is 3. The van der Waals surface area contributed by atoms with E-state index in [1.807, 2.05) is 12.4 Å². The molecule has 0 saturated carbocycles. The molecule has 32 heavy (non-hydrogen) atoms. The Hall–Kier alpha value is -3.85. The fraction of sp³-hybridized carbons (Fsp3) is 0.138. The molecule has 7 rings (SSSR count). The van der Waals surface area contributed by atoms with Gasteiger partial charge in [0.25, 0.3) is 0 Å². The second-order valence-corrected chi connectivity index (χ2v) is 8.72. The third-order valence-corrected chi connectivity index (χ3v) is 6.99. The molecule has 3 aromatic heterocycles. The molecule has 3 nitrogen and oxygen atoms in total. The van der Waals surface area contributed by atoms with Gasteiger partial charge in [-0.2, -0.15) is 0 Å². The van der Waals surface area contributed by atoms with Crippen LogP contribution in [0.4, 0.5) is 0 Å². The topological polar surface area (TPSA) is 22.8 Å². The van der Waals surface area contributed by atoms with Crippen LogP contribution < -0.4 is 0 Å². The quantitative estimate of drug-likeness (QED) is 0.300. The lowest BCUT2D eigenvalue weighted by atomic mass is 9.94. The van der Waals surface area contributed by atoms with E-state index >= 15 is 0 Å². The first-order valence-electron chi connectivity index (χ1n) is 11.5. The zero-order chi connectivity index (χ0) is 21.1. The van der Waals surface area contributed by atoms with Gasteiger partial charge >= 0.3 is 0 Å². The summed E-state index contributed by atoms with van der Waals surface area (Å²) in [6.45, 7) is 0. The maximum atomic E-state index is 4.47. The SMILES string of the molecule is c1ccc(-n2c3c(c4c2ccc2c5cnccc5n(-c5ccccc5)c24)CCCC3)cc1. The maximum Gasteiger partial charge on any atom is 0.0638 e. The van der Waals surface area contributed by atoms with Crippen LogP contribution in [-0.4, -0.2) is 14.1 Å². The molecule has 0 radical (unpaired) electrons. The summed E-state index contributed by atoms with van der Waals surface area (Å²) in [4.78, 5) is 4.47. The number of aryl methyl sites for hydroxylation is 1. The van der Waals surface area contributed by atoms with Gasteiger partial charge in [-0.15, -0.1) is 0 Å². The zero-order valence-corrected chi connectivity index (χ0v) is 17.8. The highest BCUT2D eigenvalue weighted by Crippen LogP contribution is 2.42. The van der Waals surface area contributed by atoms with Crippen molar-refractivity contribution in [2.45, 2.75) is 25.7 Å². The number of fused-ring (bicyclic) bond motifs is 7. The Kier molecular flexibility index (Phi) is 3.80. The van der Waals surface area contributed by atoms with Crippen LogP contribution in [0, 0.1) is 0 Å². The van der Waals surface area contributed by atoms with E-state index < -0.39 is 0 Å². The lowest BCUT2D eigenvalue weighted by molar-refractivity contribution is 0.667. The molecule has 1 aliphatic rings. The number of rotatable bonds is 2. The van der Waals surface area contributed by atoms with E-state index in [0.717, 1.165) is 12.8 Å². The fourth-order valence-corrected chi connectivity index (χ4v) is 5.69. The molecule has 0 unspecified atom stereocenters. The predicted octanol–water partition coefficient (Wildman–Crippen LogP) is 7.00. The Bertz CT molecular complexity index is 1600. The Morgan fingerprint density at radius 1 is 0.625 bits per heavy atom. The summed E-state index contributed by atoms with van der Waals surface area (Å²) in [5, 5.41) is 3.90. The van der Waals surface area contributed by atoms with Crippen LogP contribution in [0.5, 0.6) is 0 Å². The minimum Gasteiger partial charge on any atom is -0.313 e. The van der Waals surface area contributed by atoms with Crippen molar-refractivity contribution in [3.05, 3.63) is 103 Å². The molecule has 0 bridgehead atoms. The van der Waals surface area contributed by atoms with Gasteiger partial charge in [-0.3, -0.25) is 4.98 Å². The van der Waals surface area contributed by atoms with Gasteiger partial charge in [-0.1, -0.05) is 42.5 Å². The molecule has 3 heteroatoms. The molecular weight excluding hydrogens is 390 g/mol. The van der Waals surface area contributed by atoms with Gasteiger partial charge in [0.1, 0.15) is 0 Å². The highest BCUT2D eigenvalue weighted by atomic mass is 15.0. The zero-order valence-electron chi connectivity index (χ0n) is 17.8. The summed E-state index contributed by atoms with van der Waals surface area (Å²) in [6, 6.07) is 28.4. The molecule has 0 saturated heterocycles. The van der Waals surface area contributed by atoms with E-state index in [1.165, 1.54) is 68.2 Å². The van der Waals surface area contributed by atoms with E-state index in [0.29, 0.717) is 0 Å². The summed E-state index contributed by atoms with van der Waals surface area (Å²) >= 11 is 0. The van der Waals surface area contributed by atoms with Crippen molar-refractivity contribution in [1.82, 2.24) is 14.1 Å². The van der Waals surface area contributed by atoms with E-state index in [-0.39, 0.29) is 0 Å². The number of hydrogen-bond donors (Lipinski definition) is 0. The number of nitrogens with zero attached hydrogens (tertiary/aromatic N) is 3. The van der Waals surface area contributed by atoms with E-state index in [9.17, 15) is 0 Å². The van der Waals surface area contributed by atoms with Crippen LogP contribution in [0.15, 0.2) is 91.3 Å². The molecule has 0 fully saturated rings. The van der Waals surface area contributed by atoms with Gasteiger partial charge in [0.05, 0.1) is 16.6 Å². The van der Waals surface area contributed by atoms with Crippen LogP contribution in [0.2, 0.25) is 0 Å². The largest absolute Gasteiger partial charge is 0.313 e. The third kappa shape index (κ3) is 2.39. The first-order chi connectivity index (χ1) is 15.9. The van der Waals surface area contributed by atoms with Crippen molar-refractivity contribution in [3.8, 4) is 11.4 Å². The lowest BCUT2D eigenvalue weighted by Crippen LogP contribution is -2.06. The van der Waals surface area contributed by atoms with Crippen LogP contribution in [0.3, 0.4) is 0 Å². The first kappa shape index (κ1) is 17.8. The molecule has 1 aliphatic carbocycles. The second-order valence-electron chi connectivity index (χ2n) is 8.72. The molecule has 3 aromatic carbocycles. The Morgan fingerprint density at radius 3 is 2.12 bits per heavy atom. The molecule has 0 amide bonds. The normalized spacial score (nSPS) is 13.8. The Balaban J connectivity index is 1.72. The van der Waals surface area contributed by atoms with Gasteiger partial charge < -0.3 is 9.13 Å². The smallest absolute Gasteiger partial charge is 0.0638 e. The van der Waals surface area contributed by atoms with Gasteiger partial charge in [-0.05, 0) is 67.6 Å². The van der Waals surface area contributed by atoms with Crippen LogP contribution in [-0.2, 0) is 12.8 Å². The average Bonchev–Trinajstić information content (AvgIpc) is 3.38. The van der Waals surface area contributed by atoms with Crippen molar-refractivity contribution in [1.29, 1.82) is 0 Å². The van der Waals surface area contributed by atoms with Crippen molar-refractivity contribution < 1.29 is 0 Å². The van der Waals surface area contributed by atoms with Crippen LogP contribution in [0.1, 0.15) is 24.1 Å². The van der Waals surface area contributed by atoms with E-state index in [4.69, 9.17) is 0 Å². The highest BCUT2D eigenvalue weighted by Gasteiger charge is 2.25.